The summed E-state index contributed by atoms with van der Waals surface area (Å²) < 4.78 is 1.97. The van der Waals surface area contributed by atoms with E-state index in [1.807, 2.05) is 9.95 Å². The summed E-state index contributed by atoms with van der Waals surface area (Å²) in [6.45, 7) is 2.19. The van der Waals surface area contributed by atoms with Crippen LogP contribution in [0.25, 0.3) is 27.4 Å². The summed E-state index contributed by atoms with van der Waals surface area (Å²) in [5, 5.41) is 7.04. The van der Waals surface area contributed by atoms with Gasteiger partial charge in [-0.25, -0.2) is 0 Å². The fraction of sp³-hybridized carbons (Fsp3) is 0.0789. The van der Waals surface area contributed by atoms with E-state index in [-0.39, 0.29) is 5.56 Å². The topological polar surface area (TPSA) is 25.2 Å². The van der Waals surface area contributed by atoms with Gasteiger partial charge in [0.2, 0.25) is 0 Å². The van der Waals surface area contributed by atoms with Crippen molar-refractivity contribution in [3.05, 3.63) is 164 Å². The number of benzene rings is 5. The average molecular weight is 559 g/mol. The maximum absolute atomic E-state index is 14.2. The molecule has 0 fully saturated rings. The minimum atomic E-state index is -0.612. The smallest absolute Gasteiger partial charge is 0.264 e. The molecule has 0 radical (unpaired) electrons. The number of hydrogen-bond acceptors (Lipinski definition) is 3. The molecule has 0 unspecified atom stereocenters. The lowest BCUT2D eigenvalue weighted by atomic mass is 9.60. The molecule has 0 N–H and O–H groups in total. The molecule has 2 aliphatic heterocycles. The summed E-state index contributed by atoms with van der Waals surface area (Å²) in [5.74, 6) is 0. The fourth-order valence-electron chi connectivity index (χ4n) is 7.54. The molecule has 5 aromatic carbocycles. The van der Waals surface area contributed by atoms with Crippen LogP contribution >= 0.6 is 11.3 Å². The normalized spacial score (nSPS) is 14.2. The lowest BCUT2D eigenvalue weighted by molar-refractivity contribution is 0.709. The monoisotopic (exact) mass is 558 g/mol. The van der Waals surface area contributed by atoms with Gasteiger partial charge in [-0.2, -0.15) is 11.3 Å². The van der Waals surface area contributed by atoms with Crippen LogP contribution in [0, 0.1) is 0 Å². The lowest BCUT2D eigenvalue weighted by Crippen LogP contribution is -2.42. The first-order chi connectivity index (χ1) is 20.7. The molecule has 0 saturated heterocycles. The number of rotatable bonds is 2. The van der Waals surface area contributed by atoms with Gasteiger partial charge in [0.05, 0.1) is 33.4 Å². The standard InChI is InChI=1S/C38H26N2OS/c1-2-24-18-20-25(21-19-24)39-33-15-6-3-11-29(33)38(30-12-4-7-16-34(30)39)31-13-5-8-17-35(31)40-36-26(10-9-14-32(36)38)27-22-42-23-28(27)37(40)41/h3-23H,2H2,1H3. The van der Waals surface area contributed by atoms with Gasteiger partial charge in [0, 0.05) is 21.8 Å². The van der Waals surface area contributed by atoms with Gasteiger partial charge in [-0.3, -0.25) is 9.36 Å². The molecule has 0 aliphatic carbocycles. The zero-order valence-electron chi connectivity index (χ0n) is 23.0. The number of hydrogen-bond donors (Lipinski definition) is 0. The van der Waals surface area contributed by atoms with E-state index in [9.17, 15) is 4.79 Å². The van der Waals surface area contributed by atoms with Gasteiger partial charge in [-0.05, 0) is 69.9 Å². The van der Waals surface area contributed by atoms with Crippen molar-refractivity contribution in [3.63, 3.8) is 0 Å². The van der Waals surface area contributed by atoms with Crippen molar-refractivity contribution in [2.45, 2.75) is 18.8 Å². The second kappa shape index (κ2) is 8.54. The molecule has 42 heavy (non-hydrogen) atoms. The van der Waals surface area contributed by atoms with Crippen LogP contribution in [0.5, 0.6) is 0 Å². The number of anilines is 3. The van der Waals surface area contributed by atoms with Crippen molar-refractivity contribution in [3.8, 4) is 5.69 Å². The average Bonchev–Trinajstić information content (AvgIpc) is 3.55. The van der Waals surface area contributed by atoms with Crippen LogP contribution < -0.4 is 10.5 Å². The Morgan fingerprint density at radius 1 is 0.595 bits per heavy atom. The van der Waals surface area contributed by atoms with Crippen molar-refractivity contribution >= 4 is 50.1 Å². The molecule has 4 heterocycles. The predicted octanol–water partition coefficient (Wildman–Crippen LogP) is 9.25. The Balaban J connectivity index is 1.49. The number of pyridine rings is 1. The zero-order valence-corrected chi connectivity index (χ0v) is 23.9. The molecule has 2 aliphatic rings. The van der Waals surface area contributed by atoms with E-state index >= 15 is 0 Å². The van der Waals surface area contributed by atoms with Crippen LogP contribution in [0.15, 0.2) is 131 Å². The first-order valence-electron chi connectivity index (χ1n) is 14.5. The maximum Gasteiger partial charge on any atom is 0.264 e. The Kier molecular flexibility index (Phi) is 4.83. The van der Waals surface area contributed by atoms with Gasteiger partial charge in [0.1, 0.15) is 0 Å². The molecule has 0 saturated carbocycles. The number of fused-ring (bicyclic) bond motifs is 10. The Hall–Kier alpha value is -4.93. The number of thiophene rings is 1. The number of aryl methyl sites for hydroxylation is 1. The molecule has 9 rings (SSSR count). The second-order valence-corrected chi connectivity index (χ2v) is 11.9. The van der Waals surface area contributed by atoms with Crippen LogP contribution in [-0.2, 0) is 11.8 Å². The van der Waals surface area contributed by atoms with E-state index in [0.29, 0.717) is 0 Å². The third-order valence-electron chi connectivity index (χ3n) is 9.30. The molecular formula is C38H26N2OS. The molecule has 7 aromatic rings. The van der Waals surface area contributed by atoms with Gasteiger partial charge >= 0.3 is 0 Å². The van der Waals surface area contributed by atoms with Crippen LogP contribution in [-0.4, -0.2) is 4.57 Å². The van der Waals surface area contributed by atoms with Crippen LogP contribution in [0.4, 0.5) is 17.1 Å². The van der Waals surface area contributed by atoms with Crippen molar-refractivity contribution in [1.29, 1.82) is 0 Å². The van der Waals surface area contributed by atoms with E-state index in [4.69, 9.17) is 0 Å². The zero-order chi connectivity index (χ0) is 28.0. The van der Waals surface area contributed by atoms with E-state index in [2.05, 4.69) is 132 Å². The molecule has 1 spiro atoms. The van der Waals surface area contributed by atoms with Crippen molar-refractivity contribution < 1.29 is 0 Å². The second-order valence-electron chi connectivity index (χ2n) is 11.2. The molecule has 3 nitrogen and oxygen atoms in total. The van der Waals surface area contributed by atoms with Gasteiger partial charge in [-0.15, -0.1) is 0 Å². The minimum Gasteiger partial charge on any atom is -0.310 e. The van der Waals surface area contributed by atoms with Crippen LogP contribution in [0.3, 0.4) is 0 Å². The highest BCUT2D eigenvalue weighted by Gasteiger charge is 2.50. The highest BCUT2D eigenvalue weighted by atomic mass is 32.1. The molecular weight excluding hydrogens is 532 g/mol. The van der Waals surface area contributed by atoms with E-state index in [1.54, 1.807) is 11.3 Å². The largest absolute Gasteiger partial charge is 0.310 e. The molecule has 0 bridgehead atoms. The van der Waals surface area contributed by atoms with Crippen LogP contribution in [0.1, 0.15) is 34.7 Å². The SMILES string of the molecule is CCc1ccc(N2c3ccccc3C3(c4ccccc42)c2ccccc2-n2c(=O)c4cscc4c4cccc3c42)cc1. The summed E-state index contributed by atoms with van der Waals surface area (Å²) >= 11 is 1.59. The maximum atomic E-state index is 14.2. The summed E-state index contributed by atoms with van der Waals surface area (Å²) in [7, 11) is 0. The Morgan fingerprint density at radius 3 is 1.83 bits per heavy atom. The van der Waals surface area contributed by atoms with Gasteiger partial charge < -0.3 is 4.90 Å². The van der Waals surface area contributed by atoms with Crippen LogP contribution in [0.2, 0.25) is 0 Å². The molecule has 0 atom stereocenters. The molecule has 0 amide bonds. The minimum absolute atomic E-state index is 0.0449. The Labute approximate surface area is 247 Å². The van der Waals surface area contributed by atoms with E-state index in [0.717, 1.165) is 62.0 Å². The van der Waals surface area contributed by atoms with E-state index in [1.165, 1.54) is 16.7 Å². The van der Waals surface area contributed by atoms with E-state index < -0.39 is 5.41 Å². The Bertz CT molecular complexity index is 2230. The van der Waals surface area contributed by atoms with Crippen molar-refractivity contribution in [1.82, 2.24) is 4.57 Å². The predicted molar refractivity (Wildman–Crippen MR) is 174 cm³/mol. The number of aromatic nitrogens is 1. The summed E-state index contributed by atoms with van der Waals surface area (Å²) in [6, 6.07) is 41.7. The third kappa shape index (κ3) is 2.82. The number of nitrogens with zero attached hydrogens (tertiary/aromatic N) is 2. The van der Waals surface area contributed by atoms with Gasteiger partial charge in [-0.1, -0.05) is 91.9 Å². The third-order valence-corrected chi connectivity index (χ3v) is 10.0. The van der Waals surface area contributed by atoms with Gasteiger partial charge in [0.25, 0.3) is 5.56 Å². The first-order valence-corrected chi connectivity index (χ1v) is 15.4. The first kappa shape index (κ1) is 23.7. The highest BCUT2D eigenvalue weighted by molar-refractivity contribution is 7.09. The highest BCUT2D eigenvalue weighted by Crippen LogP contribution is 2.60. The lowest BCUT2D eigenvalue weighted by Gasteiger charge is -2.49. The summed E-state index contributed by atoms with van der Waals surface area (Å²) in [4.78, 5) is 16.6. The molecule has 4 heteroatoms. The number of para-hydroxylation sites is 4. The summed E-state index contributed by atoms with van der Waals surface area (Å²) in [5.41, 5.74) is 10.8. The summed E-state index contributed by atoms with van der Waals surface area (Å²) in [6.07, 6.45) is 1.01. The Morgan fingerprint density at radius 2 is 1.17 bits per heavy atom. The fourth-order valence-corrected chi connectivity index (χ4v) is 8.37. The van der Waals surface area contributed by atoms with Gasteiger partial charge in [0.15, 0.2) is 0 Å². The molecule has 2 aromatic heterocycles. The van der Waals surface area contributed by atoms with Crippen molar-refractivity contribution in [2.24, 2.45) is 0 Å². The molecule has 200 valence electrons. The quantitative estimate of drug-likeness (QED) is 0.211. The van der Waals surface area contributed by atoms with Crippen molar-refractivity contribution in [2.75, 3.05) is 4.90 Å².